The summed E-state index contributed by atoms with van der Waals surface area (Å²) < 4.78 is 5.44. The van der Waals surface area contributed by atoms with Crippen LogP contribution in [0, 0.1) is 0 Å². The Balaban J connectivity index is 1.52. The Labute approximate surface area is 158 Å². The molecule has 5 nitrogen and oxygen atoms in total. The van der Waals surface area contributed by atoms with E-state index >= 15 is 0 Å². The third-order valence-corrected chi connectivity index (χ3v) is 4.78. The van der Waals surface area contributed by atoms with Gasteiger partial charge in [0.2, 0.25) is 5.91 Å². The summed E-state index contributed by atoms with van der Waals surface area (Å²) in [6, 6.07) is 14.6. The molecule has 0 bridgehead atoms. The van der Waals surface area contributed by atoms with E-state index in [4.69, 9.17) is 27.6 Å². The molecule has 3 aromatic rings. The van der Waals surface area contributed by atoms with Crippen molar-refractivity contribution >= 4 is 46.9 Å². The number of amides is 1. The monoisotopic (exact) mass is 393 g/mol. The summed E-state index contributed by atoms with van der Waals surface area (Å²) in [4.78, 5) is 13.0. The highest BCUT2D eigenvalue weighted by atomic mass is 35.5. The van der Waals surface area contributed by atoms with Crippen LogP contribution in [-0.2, 0) is 4.79 Å². The first kappa shape index (κ1) is 17.8. The molecule has 0 unspecified atom stereocenters. The van der Waals surface area contributed by atoms with Gasteiger partial charge in [-0.3, -0.25) is 10.1 Å². The molecular weight excluding hydrogens is 381 g/mol. The van der Waals surface area contributed by atoms with Crippen LogP contribution >= 0.6 is 35.0 Å². The number of hydrogen-bond donors (Lipinski definition) is 1. The highest BCUT2D eigenvalue weighted by molar-refractivity contribution is 7.99. The number of carbonyl (C=O) groups excluding carboxylic acids is 1. The summed E-state index contributed by atoms with van der Waals surface area (Å²) in [6.45, 7) is 0. The van der Waals surface area contributed by atoms with Crippen LogP contribution in [0.2, 0.25) is 10.0 Å². The molecule has 1 N–H and O–H groups in total. The summed E-state index contributed by atoms with van der Waals surface area (Å²) in [5.41, 5.74) is 0.621. The van der Waals surface area contributed by atoms with E-state index in [1.54, 1.807) is 23.9 Å². The van der Waals surface area contributed by atoms with E-state index in [0.717, 1.165) is 4.90 Å². The molecule has 0 saturated heterocycles. The lowest BCUT2D eigenvalue weighted by Gasteiger charge is -2.02. The number of hydrogen-bond acceptors (Lipinski definition) is 5. The Morgan fingerprint density at radius 2 is 1.84 bits per heavy atom. The van der Waals surface area contributed by atoms with Crippen LogP contribution in [0.25, 0.3) is 11.5 Å². The fraction of sp³-hybridized carbons (Fsp3) is 0.118. The smallest absolute Gasteiger partial charge is 0.322 e. The zero-order valence-electron chi connectivity index (χ0n) is 12.9. The van der Waals surface area contributed by atoms with Gasteiger partial charge >= 0.3 is 6.01 Å². The van der Waals surface area contributed by atoms with Gasteiger partial charge in [-0.05, 0) is 36.4 Å². The topological polar surface area (TPSA) is 68.0 Å². The van der Waals surface area contributed by atoms with Crippen molar-refractivity contribution in [3.63, 3.8) is 0 Å². The summed E-state index contributed by atoms with van der Waals surface area (Å²) >= 11 is 13.5. The molecule has 1 amide bonds. The Morgan fingerprint density at radius 3 is 2.60 bits per heavy atom. The highest BCUT2D eigenvalue weighted by Gasteiger charge is 2.13. The molecule has 0 aliphatic carbocycles. The number of thioether (sulfide) groups is 1. The Bertz CT molecular complexity index is 868. The second-order valence-corrected chi connectivity index (χ2v) is 7.00. The fourth-order valence-corrected chi connectivity index (χ4v) is 3.19. The molecule has 25 heavy (non-hydrogen) atoms. The lowest BCUT2D eigenvalue weighted by atomic mass is 10.2. The number of nitrogens with one attached hydrogen (secondary N) is 1. The maximum absolute atomic E-state index is 12.0. The van der Waals surface area contributed by atoms with Gasteiger partial charge in [-0.25, -0.2) is 0 Å². The summed E-state index contributed by atoms with van der Waals surface area (Å²) in [7, 11) is 0. The van der Waals surface area contributed by atoms with Crippen molar-refractivity contribution in [3.8, 4) is 11.5 Å². The van der Waals surface area contributed by atoms with Crippen LogP contribution in [0.3, 0.4) is 0 Å². The first-order valence-corrected chi connectivity index (χ1v) is 9.12. The van der Waals surface area contributed by atoms with Gasteiger partial charge in [-0.15, -0.1) is 16.9 Å². The minimum Gasteiger partial charge on any atom is -0.403 e. The van der Waals surface area contributed by atoms with E-state index in [1.807, 2.05) is 36.4 Å². The number of benzene rings is 2. The van der Waals surface area contributed by atoms with E-state index < -0.39 is 0 Å². The molecule has 0 radical (unpaired) electrons. The molecule has 0 atom stereocenters. The van der Waals surface area contributed by atoms with Crippen LogP contribution in [0.1, 0.15) is 6.42 Å². The van der Waals surface area contributed by atoms with Crippen LogP contribution < -0.4 is 5.32 Å². The molecule has 128 valence electrons. The van der Waals surface area contributed by atoms with Gasteiger partial charge in [0.1, 0.15) is 0 Å². The van der Waals surface area contributed by atoms with Crippen LogP contribution in [-0.4, -0.2) is 21.9 Å². The van der Waals surface area contributed by atoms with E-state index in [1.165, 1.54) is 0 Å². The van der Waals surface area contributed by atoms with E-state index in [-0.39, 0.29) is 17.8 Å². The van der Waals surface area contributed by atoms with Crippen molar-refractivity contribution in [1.82, 2.24) is 10.2 Å². The van der Waals surface area contributed by atoms with Crippen molar-refractivity contribution in [2.24, 2.45) is 0 Å². The largest absolute Gasteiger partial charge is 0.403 e. The number of aromatic nitrogens is 2. The molecule has 0 fully saturated rings. The van der Waals surface area contributed by atoms with Gasteiger partial charge in [-0.1, -0.05) is 40.4 Å². The lowest BCUT2D eigenvalue weighted by molar-refractivity contribution is -0.115. The SMILES string of the molecule is O=C(CCSc1ccc(Cl)cc1)Nc1nnc(-c2ccccc2Cl)o1. The van der Waals surface area contributed by atoms with Crippen LogP contribution in [0.5, 0.6) is 0 Å². The number of carbonyl (C=O) groups is 1. The van der Waals surface area contributed by atoms with Crippen molar-refractivity contribution in [2.75, 3.05) is 11.1 Å². The van der Waals surface area contributed by atoms with Gasteiger partial charge in [0.05, 0.1) is 10.6 Å². The first-order valence-electron chi connectivity index (χ1n) is 7.38. The number of halogens is 2. The quantitative estimate of drug-likeness (QED) is 0.585. The molecule has 0 aliphatic heterocycles. The van der Waals surface area contributed by atoms with Crippen LogP contribution in [0.4, 0.5) is 6.01 Å². The Hall–Kier alpha value is -2.02. The van der Waals surface area contributed by atoms with Crippen molar-refractivity contribution in [2.45, 2.75) is 11.3 Å². The van der Waals surface area contributed by atoms with E-state index in [2.05, 4.69) is 15.5 Å². The predicted octanol–water partition coefficient (Wildman–Crippen LogP) is 5.16. The molecule has 3 rings (SSSR count). The second-order valence-electron chi connectivity index (χ2n) is 4.99. The molecule has 2 aromatic carbocycles. The maximum atomic E-state index is 12.0. The Morgan fingerprint density at radius 1 is 1.08 bits per heavy atom. The zero-order chi connectivity index (χ0) is 17.6. The average molecular weight is 394 g/mol. The molecule has 1 aromatic heterocycles. The normalized spacial score (nSPS) is 10.6. The van der Waals surface area contributed by atoms with Gasteiger partial charge in [0.25, 0.3) is 5.89 Å². The lowest BCUT2D eigenvalue weighted by Crippen LogP contribution is -2.12. The number of nitrogens with zero attached hydrogens (tertiary/aromatic N) is 2. The summed E-state index contributed by atoms with van der Waals surface area (Å²) in [5.74, 6) is 0.686. The first-order chi connectivity index (χ1) is 12.1. The van der Waals surface area contributed by atoms with Crippen molar-refractivity contribution in [1.29, 1.82) is 0 Å². The minimum absolute atomic E-state index is 0.0522. The van der Waals surface area contributed by atoms with Gasteiger partial charge in [0.15, 0.2) is 0 Å². The van der Waals surface area contributed by atoms with E-state index in [9.17, 15) is 4.79 Å². The zero-order valence-corrected chi connectivity index (χ0v) is 15.2. The number of rotatable bonds is 6. The molecule has 1 heterocycles. The summed E-state index contributed by atoms with van der Waals surface area (Å²) in [6.07, 6.45) is 0.317. The minimum atomic E-state index is -0.198. The molecule has 0 spiro atoms. The standard InChI is InChI=1S/C17H13Cl2N3O2S/c18-11-5-7-12(8-6-11)25-10-9-15(23)20-17-22-21-16(24-17)13-3-1-2-4-14(13)19/h1-8H,9-10H2,(H,20,22,23). The molecule has 0 saturated carbocycles. The average Bonchev–Trinajstić information content (AvgIpc) is 3.05. The van der Waals surface area contributed by atoms with Gasteiger partial charge < -0.3 is 4.42 Å². The second kappa shape index (κ2) is 8.38. The summed E-state index contributed by atoms with van der Waals surface area (Å²) in [5, 5.41) is 11.5. The van der Waals surface area contributed by atoms with Gasteiger partial charge in [0, 0.05) is 22.1 Å². The van der Waals surface area contributed by atoms with Crippen LogP contribution in [0.15, 0.2) is 57.8 Å². The van der Waals surface area contributed by atoms with E-state index in [0.29, 0.717) is 27.8 Å². The molecule has 8 heteroatoms. The third kappa shape index (κ3) is 4.98. The Kier molecular flexibility index (Phi) is 5.96. The van der Waals surface area contributed by atoms with Crippen molar-refractivity contribution in [3.05, 3.63) is 58.6 Å². The maximum Gasteiger partial charge on any atom is 0.322 e. The van der Waals surface area contributed by atoms with Gasteiger partial charge in [-0.2, -0.15) is 0 Å². The third-order valence-electron chi connectivity index (χ3n) is 3.19. The molecule has 0 aliphatic rings. The van der Waals surface area contributed by atoms with Crippen molar-refractivity contribution < 1.29 is 9.21 Å². The number of anilines is 1. The fourth-order valence-electron chi connectivity index (χ4n) is 1.99. The predicted molar refractivity (Wildman–Crippen MR) is 100 cm³/mol. The molecular formula is C17H13Cl2N3O2S. The highest BCUT2D eigenvalue weighted by Crippen LogP contribution is 2.27.